The van der Waals surface area contributed by atoms with Crippen LogP contribution in [0.3, 0.4) is 0 Å². The number of hydrogen-bond acceptors (Lipinski definition) is 2. The average Bonchev–Trinajstić information content (AvgIpc) is 3.17. The molecule has 0 bridgehead atoms. The van der Waals surface area contributed by atoms with Gasteiger partial charge in [-0.1, -0.05) is 18.3 Å². The highest BCUT2D eigenvalue weighted by Gasteiger charge is 2.33. The fraction of sp³-hybridized carbons (Fsp3) is 0.385. The molecule has 2 rings (SSSR count). The molecule has 6 heteroatoms. The zero-order valence-corrected chi connectivity index (χ0v) is 12.6. The summed E-state index contributed by atoms with van der Waals surface area (Å²) in [7, 11) is 0. The summed E-state index contributed by atoms with van der Waals surface area (Å²) in [6.45, 7) is 0.488. The van der Waals surface area contributed by atoms with Crippen LogP contribution in [0.4, 0.5) is 4.39 Å². The van der Waals surface area contributed by atoms with E-state index in [9.17, 15) is 9.18 Å². The van der Waals surface area contributed by atoms with E-state index in [1.807, 2.05) is 0 Å². The highest BCUT2D eigenvalue weighted by Crippen LogP contribution is 2.30. The Balaban J connectivity index is 2.19. The van der Waals surface area contributed by atoms with Crippen LogP contribution in [0.1, 0.15) is 29.6 Å². The molecular weight excluding hydrogens is 331 g/mol. The lowest BCUT2D eigenvalue weighted by Crippen LogP contribution is -2.35. The lowest BCUT2D eigenvalue weighted by atomic mass is 10.2. The third kappa shape index (κ3) is 3.51. The summed E-state index contributed by atoms with van der Waals surface area (Å²) in [5.41, 5.74) is 5.82. The molecule has 0 radical (unpaired) electrons. The summed E-state index contributed by atoms with van der Waals surface area (Å²) in [5, 5.41) is 0. The third-order valence-corrected chi connectivity index (χ3v) is 4.04. The van der Waals surface area contributed by atoms with E-state index >= 15 is 0 Å². The van der Waals surface area contributed by atoms with Crippen LogP contribution in [0.5, 0.6) is 0 Å². The maximum Gasteiger partial charge on any atom is 0.255 e. The Kier molecular flexibility index (Phi) is 4.52. The number of thiocarbonyl (C=S) groups is 1. The zero-order chi connectivity index (χ0) is 14.0. The molecule has 0 aromatic heterocycles. The number of carbonyl (C=O) groups excluding carboxylic acids is 1. The van der Waals surface area contributed by atoms with Crippen LogP contribution in [0, 0.1) is 5.82 Å². The summed E-state index contributed by atoms with van der Waals surface area (Å²) in [4.78, 5) is 14.6. The summed E-state index contributed by atoms with van der Waals surface area (Å²) in [5.74, 6) is -0.610. The minimum absolute atomic E-state index is 0.176. The fourth-order valence-electron chi connectivity index (χ4n) is 1.89. The Morgan fingerprint density at radius 2 is 2.21 bits per heavy atom. The van der Waals surface area contributed by atoms with Crippen molar-refractivity contribution in [2.24, 2.45) is 5.73 Å². The van der Waals surface area contributed by atoms with Crippen LogP contribution >= 0.6 is 28.1 Å². The molecular formula is C13H14BrFN2OS. The van der Waals surface area contributed by atoms with Gasteiger partial charge >= 0.3 is 0 Å². The first-order valence-electron chi connectivity index (χ1n) is 6.04. The maximum absolute atomic E-state index is 13.5. The smallest absolute Gasteiger partial charge is 0.255 e. The molecule has 0 heterocycles. The fourth-order valence-corrected chi connectivity index (χ4v) is 2.42. The molecule has 1 amide bonds. The number of benzene rings is 1. The van der Waals surface area contributed by atoms with Gasteiger partial charge in [-0.2, -0.15) is 0 Å². The van der Waals surface area contributed by atoms with Crippen LogP contribution in [0.25, 0.3) is 0 Å². The molecule has 3 nitrogen and oxygen atoms in total. The standard InChI is InChI=1S/C13H14BrFN2OS/c14-12-9(2-1-3-10(12)15)13(18)17(8-4-5-8)7-6-11(16)19/h1-3,8H,4-7H2,(H2,16,19). The van der Waals surface area contributed by atoms with Crippen LogP contribution in [-0.2, 0) is 0 Å². The molecule has 1 saturated carbocycles. The first-order valence-corrected chi connectivity index (χ1v) is 7.24. The maximum atomic E-state index is 13.5. The second-order valence-corrected chi connectivity index (χ2v) is 5.86. The molecule has 1 aliphatic rings. The first-order chi connectivity index (χ1) is 9.00. The van der Waals surface area contributed by atoms with Gasteiger partial charge in [0.2, 0.25) is 0 Å². The van der Waals surface area contributed by atoms with Crippen molar-refractivity contribution in [3.05, 3.63) is 34.1 Å². The van der Waals surface area contributed by atoms with Gasteiger partial charge in [0.15, 0.2) is 0 Å². The van der Waals surface area contributed by atoms with Crippen LogP contribution in [0.2, 0.25) is 0 Å². The molecule has 0 saturated heterocycles. The number of nitrogens with two attached hydrogens (primary N) is 1. The predicted octanol–water partition coefficient (Wildman–Crippen LogP) is 2.87. The average molecular weight is 345 g/mol. The molecule has 0 unspecified atom stereocenters. The van der Waals surface area contributed by atoms with Gasteiger partial charge in [-0.15, -0.1) is 0 Å². The molecule has 0 spiro atoms. The highest BCUT2D eigenvalue weighted by atomic mass is 79.9. The van der Waals surface area contributed by atoms with Crippen LogP contribution in [0.15, 0.2) is 22.7 Å². The summed E-state index contributed by atoms with van der Waals surface area (Å²) in [6, 6.07) is 4.70. The minimum Gasteiger partial charge on any atom is -0.393 e. The Morgan fingerprint density at radius 1 is 1.53 bits per heavy atom. The molecule has 1 fully saturated rings. The topological polar surface area (TPSA) is 46.3 Å². The van der Waals surface area contributed by atoms with E-state index in [1.165, 1.54) is 12.1 Å². The molecule has 1 aromatic carbocycles. The minimum atomic E-state index is -0.434. The van der Waals surface area contributed by atoms with E-state index < -0.39 is 5.82 Å². The Labute approximate surface area is 125 Å². The van der Waals surface area contributed by atoms with Crippen molar-refractivity contribution >= 4 is 39.0 Å². The molecule has 19 heavy (non-hydrogen) atoms. The molecule has 0 atom stereocenters. The van der Waals surface area contributed by atoms with Crippen molar-refractivity contribution in [1.82, 2.24) is 4.90 Å². The van der Waals surface area contributed by atoms with Crippen molar-refractivity contribution in [1.29, 1.82) is 0 Å². The van der Waals surface area contributed by atoms with Crippen LogP contribution < -0.4 is 5.73 Å². The van der Waals surface area contributed by atoms with Crippen molar-refractivity contribution < 1.29 is 9.18 Å². The normalized spacial score (nSPS) is 14.2. The lowest BCUT2D eigenvalue weighted by molar-refractivity contribution is 0.0746. The Morgan fingerprint density at radius 3 is 2.79 bits per heavy atom. The van der Waals surface area contributed by atoms with E-state index in [2.05, 4.69) is 15.9 Å². The van der Waals surface area contributed by atoms with Gasteiger partial charge in [0.25, 0.3) is 5.91 Å². The van der Waals surface area contributed by atoms with Gasteiger partial charge in [-0.3, -0.25) is 4.79 Å². The Hall–Kier alpha value is -1.01. The SMILES string of the molecule is NC(=S)CCN(C(=O)c1cccc(F)c1Br)C1CC1. The second kappa shape index (κ2) is 5.96. The zero-order valence-electron chi connectivity index (χ0n) is 10.2. The summed E-state index contributed by atoms with van der Waals surface area (Å²) >= 11 is 7.97. The van der Waals surface area contributed by atoms with Gasteiger partial charge in [-0.25, -0.2) is 4.39 Å². The van der Waals surface area contributed by atoms with Crippen molar-refractivity contribution in [2.75, 3.05) is 6.54 Å². The Bertz CT molecular complexity index is 519. The largest absolute Gasteiger partial charge is 0.393 e. The van der Waals surface area contributed by atoms with Crippen molar-refractivity contribution in [3.63, 3.8) is 0 Å². The number of carbonyl (C=O) groups is 1. The van der Waals surface area contributed by atoms with Gasteiger partial charge < -0.3 is 10.6 Å². The van der Waals surface area contributed by atoms with E-state index in [4.69, 9.17) is 18.0 Å². The molecule has 1 aromatic rings. The van der Waals surface area contributed by atoms with E-state index in [0.29, 0.717) is 23.5 Å². The van der Waals surface area contributed by atoms with Crippen LogP contribution in [-0.4, -0.2) is 28.4 Å². The highest BCUT2D eigenvalue weighted by molar-refractivity contribution is 9.10. The summed E-state index contributed by atoms with van der Waals surface area (Å²) in [6.07, 6.45) is 2.45. The number of nitrogens with zero attached hydrogens (tertiary/aromatic N) is 1. The van der Waals surface area contributed by atoms with Gasteiger partial charge in [-0.05, 0) is 40.9 Å². The molecule has 2 N–H and O–H groups in total. The van der Waals surface area contributed by atoms with E-state index in [1.54, 1.807) is 11.0 Å². The third-order valence-electron chi connectivity index (χ3n) is 3.03. The number of amides is 1. The van der Waals surface area contributed by atoms with Gasteiger partial charge in [0, 0.05) is 19.0 Å². The quantitative estimate of drug-likeness (QED) is 0.835. The molecule has 1 aliphatic carbocycles. The second-order valence-electron chi connectivity index (χ2n) is 4.55. The van der Waals surface area contributed by atoms with Gasteiger partial charge in [0.05, 0.1) is 15.0 Å². The van der Waals surface area contributed by atoms with Crippen molar-refractivity contribution in [2.45, 2.75) is 25.3 Å². The molecule has 102 valence electrons. The van der Waals surface area contributed by atoms with E-state index in [0.717, 1.165) is 12.8 Å². The number of hydrogen-bond donors (Lipinski definition) is 1. The molecule has 0 aliphatic heterocycles. The number of rotatable bonds is 5. The first kappa shape index (κ1) is 14.4. The number of halogens is 2. The predicted molar refractivity (Wildman–Crippen MR) is 79.6 cm³/mol. The van der Waals surface area contributed by atoms with Gasteiger partial charge in [0.1, 0.15) is 5.82 Å². The summed E-state index contributed by atoms with van der Waals surface area (Å²) < 4.78 is 13.7. The monoisotopic (exact) mass is 344 g/mol. The van der Waals surface area contributed by atoms with E-state index in [-0.39, 0.29) is 16.4 Å². The van der Waals surface area contributed by atoms with Crippen molar-refractivity contribution in [3.8, 4) is 0 Å². The lowest BCUT2D eigenvalue weighted by Gasteiger charge is -2.23.